The van der Waals surface area contributed by atoms with Crippen LogP contribution >= 0.6 is 0 Å². The SMILES string of the molecule is CC(=O)Oc1ccc(N2C(=O)CCC2CO)cc1. The Labute approximate surface area is 105 Å². The molecule has 1 atom stereocenters. The zero-order chi connectivity index (χ0) is 13.1. The number of nitrogens with zero attached hydrogens (tertiary/aromatic N) is 1. The van der Waals surface area contributed by atoms with Crippen molar-refractivity contribution >= 4 is 17.6 Å². The largest absolute Gasteiger partial charge is 0.427 e. The van der Waals surface area contributed by atoms with Crippen LogP contribution in [0.3, 0.4) is 0 Å². The van der Waals surface area contributed by atoms with E-state index < -0.39 is 0 Å². The van der Waals surface area contributed by atoms with Gasteiger partial charge < -0.3 is 14.7 Å². The molecule has 96 valence electrons. The zero-order valence-electron chi connectivity index (χ0n) is 10.1. The Morgan fingerprint density at radius 1 is 1.44 bits per heavy atom. The molecule has 1 amide bonds. The Balaban J connectivity index is 2.18. The summed E-state index contributed by atoms with van der Waals surface area (Å²) in [6.45, 7) is 1.29. The molecule has 1 aliphatic heterocycles. The average molecular weight is 249 g/mol. The van der Waals surface area contributed by atoms with Gasteiger partial charge in [0.05, 0.1) is 12.6 Å². The van der Waals surface area contributed by atoms with Gasteiger partial charge >= 0.3 is 5.97 Å². The molecule has 1 fully saturated rings. The third-order valence-corrected chi connectivity index (χ3v) is 2.91. The molecule has 0 saturated carbocycles. The molecule has 5 heteroatoms. The van der Waals surface area contributed by atoms with E-state index in [4.69, 9.17) is 4.74 Å². The van der Waals surface area contributed by atoms with Crippen LogP contribution in [0.4, 0.5) is 5.69 Å². The van der Waals surface area contributed by atoms with Crippen LogP contribution in [0.2, 0.25) is 0 Å². The van der Waals surface area contributed by atoms with Crippen molar-refractivity contribution in [3.63, 3.8) is 0 Å². The Bertz CT molecular complexity index is 455. The van der Waals surface area contributed by atoms with E-state index in [-0.39, 0.29) is 24.5 Å². The highest BCUT2D eigenvalue weighted by atomic mass is 16.5. The summed E-state index contributed by atoms with van der Waals surface area (Å²) in [6.07, 6.45) is 1.12. The van der Waals surface area contributed by atoms with E-state index in [1.807, 2.05) is 0 Å². The maximum absolute atomic E-state index is 11.7. The molecule has 0 radical (unpaired) electrons. The Kier molecular flexibility index (Phi) is 3.62. The maximum Gasteiger partial charge on any atom is 0.308 e. The number of carbonyl (C=O) groups excluding carboxylic acids is 2. The van der Waals surface area contributed by atoms with E-state index >= 15 is 0 Å². The van der Waals surface area contributed by atoms with Crippen molar-refractivity contribution in [2.75, 3.05) is 11.5 Å². The molecular formula is C13H15NO4. The number of benzene rings is 1. The lowest BCUT2D eigenvalue weighted by molar-refractivity contribution is -0.131. The number of esters is 1. The van der Waals surface area contributed by atoms with Crippen molar-refractivity contribution in [3.8, 4) is 5.75 Å². The first-order chi connectivity index (χ1) is 8.61. The van der Waals surface area contributed by atoms with Gasteiger partial charge in [-0.05, 0) is 30.7 Å². The fourth-order valence-electron chi connectivity index (χ4n) is 2.11. The molecule has 0 aliphatic carbocycles. The predicted octanol–water partition coefficient (Wildman–Crippen LogP) is 1.10. The van der Waals surface area contributed by atoms with Crippen molar-refractivity contribution in [1.29, 1.82) is 0 Å². The zero-order valence-corrected chi connectivity index (χ0v) is 10.1. The summed E-state index contributed by atoms with van der Waals surface area (Å²) in [4.78, 5) is 24.1. The smallest absolute Gasteiger partial charge is 0.308 e. The quantitative estimate of drug-likeness (QED) is 0.643. The number of anilines is 1. The van der Waals surface area contributed by atoms with Crippen LogP contribution in [0, 0.1) is 0 Å². The van der Waals surface area contributed by atoms with Gasteiger partial charge in [-0.25, -0.2) is 0 Å². The minimum Gasteiger partial charge on any atom is -0.427 e. The molecule has 0 aromatic heterocycles. The van der Waals surface area contributed by atoms with Crippen LogP contribution in [-0.2, 0) is 9.59 Å². The number of carbonyl (C=O) groups is 2. The van der Waals surface area contributed by atoms with Gasteiger partial charge in [0.2, 0.25) is 5.91 Å². The highest BCUT2D eigenvalue weighted by Gasteiger charge is 2.31. The average Bonchev–Trinajstić information content (AvgIpc) is 2.71. The second kappa shape index (κ2) is 5.18. The van der Waals surface area contributed by atoms with Crippen LogP contribution in [-0.4, -0.2) is 29.6 Å². The molecule has 1 N–H and O–H groups in total. The van der Waals surface area contributed by atoms with Crippen LogP contribution in [0.25, 0.3) is 0 Å². The summed E-state index contributed by atoms with van der Waals surface area (Å²) < 4.78 is 4.92. The normalized spacial score (nSPS) is 19.1. The minimum absolute atomic E-state index is 0.00860. The van der Waals surface area contributed by atoms with E-state index in [0.717, 1.165) is 0 Å². The summed E-state index contributed by atoms with van der Waals surface area (Å²) in [6, 6.07) is 6.54. The van der Waals surface area contributed by atoms with Crippen LogP contribution in [0.15, 0.2) is 24.3 Å². The fourth-order valence-corrected chi connectivity index (χ4v) is 2.11. The first-order valence-corrected chi connectivity index (χ1v) is 5.83. The maximum atomic E-state index is 11.7. The van der Waals surface area contributed by atoms with Crippen molar-refractivity contribution in [2.24, 2.45) is 0 Å². The lowest BCUT2D eigenvalue weighted by Gasteiger charge is -2.23. The molecule has 0 bridgehead atoms. The van der Waals surface area contributed by atoms with Gasteiger partial charge in [-0.3, -0.25) is 9.59 Å². The fraction of sp³-hybridized carbons (Fsp3) is 0.385. The second-order valence-corrected chi connectivity index (χ2v) is 4.23. The molecule has 18 heavy (non-hydrogen) atoms. The van der Waals surface area contributed by atoms with E-state index in [1.54, 1.807) is 29.2 Å². The van der Waals surface area contributed by atoms with Crippen LogP contribution in [0.1, 0.15) is 19.8 Å². The van der Waals surface area contributed by atoms with Gasteiger partial charge in [0.1, 0.15) is 5.75 Å². The van der Waals surface area contributed by atoms with Gasteiger partial charge in [0.25, 0.3) is 0 Å². The highest BCUT2D eigenvalue weighted by molar-refractivity contribution is 5.96. The van der Waals surface area contributed by atoms with Gasteiger partial charge in [-0.1, -0.05) is 0 Å². The third kappa shape index (κ3) is 2.51. The van der Waals surface area contributed by atoms with Crippen LogP contribution in [0.5, 0.6) is 5.75 Å². The van der Waals surface area contributed by atoms with Crippen molar-refractivity contribution in [1.82, 2.24) is 0 Å². The van der Waals surface area contributed by atoms with E-state index in [1.165, 1.54) is 6.92 Å². The molecular weight excluding hydrogens is 234 g/mol. The summed E-state index contributed by atoms with van der Waals surface area (Å²) >= 11 is 0. The molecule has 1 heterocycles. The van der Waals surface area contributed by atoms with Gasteiger partial charge in [0.15, 0.2) is 0 Å². The van der Waals surface area contributed by atoms with Gasteiger partial charge in [0, 0.05) is 19.0 Å². The van der Waals surface area contributed by atoms with Gasteiger partial charge in [-0.15, -0.1) is 0 Å². The highest BCUT2D eigenvalue weighted by Crippen LogP contribution is 2.28. The Morgan fingerprint density at radius 2 is 2.11 bits per heavy atom. The van der Waals surface area contributed by atoms with Crippen molar-refractivity contribution < 1.29 is 19.4 Å². The molecule has 5 nitrogen and oxygen atoms in total. The van der Waals surface area contributed by atoms with Gasteiger partial charge in [-0.2, -0.15) is 0 Å². The molecule has 2 rings (SSSR count). The third-order valence-electron chi connectivity index (χ3n) is 2.91. The molecule has 1 aliphatic rings. The monoisotopic (exact) mass is 249 g/mol. The summed E-state index contributed by atoms with van der Waals surface area (Å²) in [7, 11) is 0. The molecule has 1 aromatic rings. The summed E-state index contributed by atoms with van der Waals surface area (Å²) in [5.74, 6) is 0.0703. The molecule has 1 unspecified atom stereocenters. The lowest BCUT2D eigenvalue weighted by Crippen LogP contribution is -2.35. The second-order valence-electron chi connectivity index (χ2n) is 4.23. The number of amides is 1. The number of ether oxygens (including phenoxy) is 1. The number of hydrogen-bond acceptors (Lipinski definition) is 4. The van der Waals surface area contributed by atoms with Crippen LogP contribution < -0.4 is 9.64 Å². The molecule has 1 aromatic carbocycles. The number of aliphatic hydroxyl groups is 1. The Morgan fingerprint density at radius 3 is 2.67 bits per heavy atom. The number of rotatable bonds is 3. The van der Waals surface area contributed by atoms with E-state index in [2.05, 4.69) is 0 Å². The first-order valence-electron chi connectivity index (χ1n) is 5.83. The lowest BCUT2D eigenvalue weighted by atomic mass is 10.2. The standard InChI is InChI=1S/C13H15NO4/c1-9(16)18-12-5-2-10(3-6-12)14-11(8-15)4-7-13(14)17/h2-3,5-6,11,15H,4,7-8H2,1H3. The van der Waals surface area contributed by atoms with Crippen molar-refractivity contribution in [2.45, 2.75) is 25.8 Å². The summed E-state index contributed by atoms with van der Waals surface area (Å²) in [5, 5.41) is 9.23. The number of hydrogen-bond donors (Lipinski definition) is 1. The number of aliphatic hydroxyl groups excluding tert-OH is 1. The topological polar surface area (TPSA) is 66.8 Å². The minimum atomic E-state index is -0.381. The summed E-state index contributed by atoms with van der Waals surface area (Å²) in [5.41, 5.74) is 0.715. The van der Waals surface area contributed by atoms with Crippen molar-refractivity contribution in [3.05, 3.63) is 24.3 Å². The van der Waals surface area contributed by atoms with E-state index in [9.17, 15) is 14.7 Å². The molecule has 1 saturated heterocycles. The van der Waals surface area contributed by atoms with E-state index in [0.29, 0.717) is 24.3 Å². The predicted molar refractivity (Wildman–Crippen MR) is 65.3 cm³/mol. The Hall–Kier alpha value is -1.88. The first kappa shape index (κ1) is 12.6. The molecule has 0 spiro atoms.